The van der Waals surface area contributed by atoms with Gasteiger partial charge in [-0.3, -0.25) is 4.79 Å². The monoisotopic (exact) mass is 503 g/mol. The van der Waals surface area contributed by atoms with Crippen LogP contribution >= 0.6 is 11.3 Å². The minimum Gasteiger partial charge on any atom is -0.505 e. The number of amides is 1. The summed E-state index contributed by atoms with van der Waals surface area (Å²) in [6.07, 6.45) is -0.0416. The van der Waals surface area contributed by atoms with E-state index in [9.17, 15) is 19.2 Å². The predicted octanol–water partition coefficient (Wildman–Crippen LogP) is 3.15. The lowest BCUT2D eigenvalue weighted by atomic mass is 9.85. The maximum absolute atomic E-state index is 12.8. The molecule has 0 radical (unpaired) electrons. The molecular formula is C23H29N5O4S2. The first-order valence-corrected chi connectivity index (χ1v) is 12.9. The van der Waals surface area contributed by atoms with Crippen molar-refractivity contribution in [2.45, 2.75) is 46.3 Å². The maximum Gasteiger partial charge on any atom is 0.269 e. The first-order chi connectivity index (χ1) is 16.0. The highest BCUT2D eigenvalue weighted by Gasteiger charge is 2.32. The van der Waals surface area contributed by atoms with E-state index < -0.39 is 17.3 Å². The molecule has 3 atom stereocenters. The highest BCUT2D eigenvalue weighted by molar-refractivity contribution is 7.83. The van der Waals surface area contributed by atoms with Crippen molar-refractivity contribution in [3.63, 3.8) is 0 Å². The number of carbonyl (C=O) groups is 1. The number of hydrogen-bond donors (Lipinski definition) is 4. The number of carbonyl (C=O) groups excluding carboxylic acids is 1. The van der Waals surface area contributed by atoms with Crippen LogP contribution in [-0.4, -0.2) is 56.1 Å². The van der Waals surface area contributed by atoms with Gasteiger partial charge in [0, 0.05) is 22.8 Å². The van der Waals surface area contributed by atoms with E-state index in [2.05, 4.69) is 52.3 Å². The molecular weight excluding hydrogens is 474 g/mol. The van der Waals surface area contributed by atoms with Crippen molar-refractivity contribution in [1.82, 2.24) is 10.2 Å². The van der Waals surface area contributed by atoms with Gasteiger partial charge in [0.1, 0.15) is 0 Å². The third kappa shape index (κ3) is 5.16. The van der Waals surface area contributed by atoms with Crippen LogP contribution in [0.1, 0.15) is 53.3 Å². The quantitative estimate of drug-likeness (QED) is 0.475. The van der Waals surface area contributed by atoms with Crippen LogP contribution in [0.25, 0.3) is 0 Å². The highest BCUT2D eigenvalue weighted by Crippen LogP contribution is 2.37. The Labute approximate surface area is 205 Å². The number of β-amino-alcohol motifs (C(OH)–C–C–N with tert-alkyl or cyclic N) is 1. The Morgan fingerprint density at radius 3 is 2.59 bits per heavy atom. The van der Waals surface area contributed by atoms with E-state index in [-0.39, 0.29) is 46.7 Å². The molecule has 34 heavy (non-hydrogen) atoms. The minimum absolute atomic E-state index is 0.116. The minimum atomic E-state index is -1.81. The number of thiophene rings is 1. The number of aliphatic hydroxyl groups is 1. The number of nitrogens with zero attached hydrogens (tertiary/aromatic N) is 3. The van der Waals surface area contributed by atoms with Gasteiger partial charge in [-0.25, -0.2) is 4.21 Å². The summed E-state index contributed by atoms with van der Waals surface area (Å²) in [4.78, 5) is 16.7. The topological polar surface area (TPSA) is 127 Å². The molecule has 3 unspecified atom stereocenters. The summed E-state index contributed by atoms with van der Waals surface area (Å²) in [5.74, 6) is -0.0575. The Bertz CT molecular complexity index is 1180. The van der Waals surface area contributed by atoms with Crippen LogP contribution in [-0.2, 0) is 11.2 Å². The van der Waals surface area contributed by atoms with Crippen LogP contribution in [0.2, 0.25) is 0 Å². The lowest BCUT2D eigenvalue weighted by Crippen LogP contribution is -2.41. The van der Waals surface area contributed by atoms with E-state index in [1.165, 1.54) is 15.8 Å². The fraction of sp³-hybridized carbons (Fsp3) is 0.435. The summed E-state index contributed by atoms with van der Waals surface area (Å²) in [5.41, 5.74) is 0.188. The van der Waals surface area contributed by atoms with Crippen LogP contribution in [0.4, 0.5) is 5.69 Å². The Morgan fingerprint density at radius 2 is 1.97 bits per heavy atom. The average molecular weight is 504 g/mol. The number of para-hydroxylation sites is 1. The number of anilines is 1. The summed E-state index contributed by atoms with van der Waals surface area (Å²) in [5, 5.41) is 26.9. The van der Waals surface area contributed by atoms with E-state index >= 15 is 0 Å². The van der Waals surface area contributed by atoms with Gasteiger partial charge < -0.3 is 25.7 Å². The van der Waals surface area contributed by atoms with Crippen molar-refractivity contribution in [1.29, 1.82) is 0 Å². The zero-order chi connectivity index (χ0) is 24.6. The van der Waals surface area contributed by atoms with E-state index in [1.807, 2.05) is 6.92 Å². The highest BCUT2D eigenvalue weighted by atomic mass is 32.2. The van der Waals surface area contributed by atoms with Crippen molar-refractivity contribution in [2.24, 2.45) is 14.2 Å². The smallest absolute Gasteiger partial charge is 0.269 e. The maximum atomic E-state index is 12.8. The second-order valence-corrected chi connectivity index (χ2v) is 11.7. The number of nitrogens with one attached hydrogen (secondary N) is 2. The number of phenolic OH excluding ortho intramolecular Hbond substituents is 1. The molecule has 9 nitrogen and oxygen atoms in total. The molecule has 2 aliphatic heterocycles. The number of likely N-dealkylation sites (tertiary alicyclic amines) is 1. The SMILES string of the molecule is Cc1ccc(C(NC2=NS(=O)N=C2Nc2cccc(C(=O)N3CCC(O)C3)c2O)C(C)(C)C)s1. The molecule has 0 bridgehead atoms. The van der Waals surface area contributed by atoms with Gasteiger partial charge in [0.05, 0.1) is 23.4 Å². The van der Waals surface area contributed by atoms with Crippen LogP contribution < -0.4 is 10.6 Å². The molecule has 1 aromatic carbocycles. The third-order valence-electron chi connectivity index (χ3n) is 5.73. The number of aromatic hydroxyl groups is 1. The van der Waals surface area contributed by atoms with E-state index in [4.69, 9.17) is 0 Å². The summed E-state index contributed by atoms with van der Waals surface area (Å²) in [6, 6.07) is 8.79. The van der Waals surface area contributed by atoms with E-state index in [0.29, 0.717) is 18.8 Å². The van der Waals surface area contributed by atoms with Crippen LogP contribution in [0, 0.1) is 12.3 Å². The fourth-order valence-corrected chi connectivity index (χ4v) is 5.74. The first-order valence-electron chi connectivity index (χ1n) is 11.0. The normalized spacial score (nSPS) is 21.3. The van der Waals surface area contributed by atoms with Gasteiger partial charge >= 0.3 is 0 Å². The van der Waals surface area contributed by atoms with E-state index in [1.54, 1.807) is 23.5 Å². The summed E-state index contributed by atoms with van der Waals surface area (Å²) >= 11 is -0.130. The molecule has 11 heteroatoms. The number of amidine groups is 2. The zero-order valence-corrected chi connectivity index (χ0v) is 21.2. The fourth-order valence-electron chi connectivity index (χ4n) is 3.94. The van der Waals surface area contributed by atoms with Crippen molar-refractivity contribution in [3.05, 3.63) is 45.6 Å². The zero-order valence-electron chi connectivity index (χ0n) is 19.5. The Hall–Kier alpha value is -2.76. The van der Waals surface area contributed by atoms with Gasteiger partial charge in [-0.05, 0) is 43.0 Å². The van der Waals surface area contributed by atoms with E-state index in [0.717, 1.165) is 4.88 Å². The standard InChI is InChI=1S/C23H29N5O4S2/c1-13-8-9-17(33-13)19(23(2,3)4)25-21-20(26-34(32)27-21)24-16-7-5-6-15(18(16)30)22(31)28-11-10-14(29)12-28/h5-9,14,19,29-30H,10-12H2,1-4H3,(H,24,26)(H,25,27). The van der Waals surface area contributed by atoms with Crippen LogP contribution in [0.3, 0.4) is 0 Å². The van der Waals surface area contributed by atoms with Gasteiger partial charge in [0.25, 0.3) is 17.1 Å². The number of aliphatic hydroxyl groups excluding tert-OH is 1. The summed E-state index contributed by atoms with van der Waals surface area (Å²) in [6.45, 7) is 9.02. The third-order valence-corrected chi connectivity index (χ3v) is 7.47. The van der Waals surface area contributed by atoms with Crippen LogP contribution in [0.5, 0.6) is 5.75 Å². The Morgan fingerprint density at radius 1 is 1.24 bits per heavy atom. The lowest BCUT2D eigenvalue weighted by molar-refractivity contribution is 0.0762. The number of aryl methyl sites for hydroxylation is 1. The first kappa shape index (κ1) is 24.4. The largest absolute Gasteiger partial charge is 0.505 e. The van der Waals surface area contributed by atoms with Crippen LogP contribution in [0.15, 0.2) is 39.1 Å². The molecule has 1 saturated heterocycles. The van der Waals surface area contributed by atoms with Gasteiger partial charge in [-0.15, -0.1) is 20.1 Å². The lowest BCUT2D eigenvalue weighted by Gasteiger charge is -2.31. The molecule has 2 aromatic rings. The molecule has 2 aliphatic rings. The summed E-state index contributed by atoms with van der Waals surface area (Å²) < 4.78 is 20.4. The van der Waals surface area contributed by atoms with Gasteiger partial charge in [0.15, 0.2) is 17.4 Å². The molecule has 1 aromatic heterocycles. The molecule has 4 N–H and O–H groups in total. The predicted molar refractivity (Wildman–Crippen MR) is 136 cm³/mol. The number of rotatable bonds is 4. The van der Waals surface area contributed by atoms with Crippen molar-refractivity contribution in [2.75, 3.05) is 18.4 Å². The molecule has 0 saturated carbocycles. The molecule has 182 valence electrons. The van der Waals surface area contributed by atoms with Crippen molar-refractivity contribution in [3.8, 4) is 5.75 Å². The average Bonchev–Trinajstić information content (AvgIpc) is 3.46. The molecule has 0 spiro atoms. The number of hydrogen-bond acceptors (Lipinski definition) is 7. The van der Waals surface area contributed by atoms with Gasteiger partial charge in [-0.1, -0.05) is 26.8 Å². The second-order valence-electron chi connectivity index (χ2n) is 9.52. The van der Waals surface area contributed by atoms with Crippen molar-refractivity contribution < 1.29 is 19.2 Å². The number of benzene rings is 1. The Kier molecular flexibility index (Phi) is 6.79. The molecule has 1 fully saturated rings. The van der Waals surface area contributed by atoms with Gasteiger partial charge in [-0.2, -0.15) is 0 Å². The molecule has 3 heterocycles. The molecule has 4 rings (SSSR count). The molecule has 1 amide bonds. The number of phenols is 1. The van der Waals surface area contributed by atoms with Gasteiger partial charge in [0.2, 0.25) is 0 Å². The Balaban J connectivity index is 1.57. The van der Waals surface area contributed by atoms with Crippen molar-refractivity contribution >= 4 is 45.8 Å². The molecule has 0 aliphatic carbocycles. The second kappa shape index (κ2) is 9.47. The summed E-state index contributed by atoms with van der Waals surface area (Å²) in [7, 11) is 0.